The Morgan fingerprint density at radius 3 is 2.46 bits per heavy atom. The smallest absolute Gasteiger partial charge is 0.247 e. The van der Waals surface area contributed by atoms with E-state index >= 15 is 0 Å². The molecule has 0 radical (unpaired) electrons. The summed E-state index contributed by atoms with van der Waals surface area (Å²) < 4.78 is 11.1. The van der Waals surface area contributed by atoms with E-state index in [1.165, 1.54) is 0 Å². The van der Waals surface area contributed by atoms with Gasteiger partial charge in [-0.25, -0.2) is 0 Å². The standard InChI is InChI=1S/C22H23N3O3/c1-27-19-9-7-17(8-10-19)21-23-24-22(28-21)18-11-13-25(14-12-18)20(26)15-16-5-3-2-4-6-16/h2-10,18H,11-15H2,1H3. The average molecular weight is 377 g/mol. The average Bonchev–Trinajstić information content (AvgIpc) is 3.25. The van der Waals surface area contributed by atoms with Gasteiger partial charge >= 0.3 is 0 Å². The van der Waals surface area contributed by atoms with Gasteiger partial charge in [0.2, 0.25) is 17.7 Å². The van der Waals surface area contributed by atoms with E-state index in [0.29, 0.717) is 18.2 Å². The van der Waals surface area contributed by atoms with Crippen LogP contribution in [0.1, 0.15) is 30.2 Å². The highest BCUT2D eigenvalue weighted by molar-refractivity contribution is 5.78. The lowest BCUT2D eigenvalue weighted by Gasteiger charge is -2.30. The van der Waals surface area contributed by atoms with Crippen LogP contribution in [0.25, 0.3) is 11.5 Å². The molecule has 1 saturated heterocycles. The lowest BCUT2D eigenvalue weighted by molar-refractivity contribution is -0.131. The summed E-state index contributed by atoms with van der Waals surface area (Å²) in [6.07, 6.45) is 2.13. The van der Waals surface area contributed by atoms with Crippen molar-refractivity contribution in [2.45, 2.75) is 25.2 Å². The van der Waals surface area contributed by atoms with Crippen LogP contribution < -0.4 is 4.74 Å². The number of amides is 1. The van der Waals surface area contributed by atoms with Crippen molar-refractivity contribution in [1.29, 1.82) is 0 Å². The molecule has 0 bridgehead atoms. The Kier molecular flexibility index (Phi) is 5.37. The van der Waals surface area contributed by atoms with E-state index in [1.807, 2.05) is 59.5 Å². The minimum atomic E-state index is 0.175. The van der Waals surface area contributed by atoms with E-state index in [1.54, 1.807) is 7.11 Å². The number of carbonyl (C=O) groups is 1. The van der Waals surface area contributed by atoms with E-state index in [-0.39, 0.29) is 11.8 Å². The first kappa shape index (κ1) is 18.2. The molecule has 0 saturated carbocycles. The van der Waals surface area contributed by atoms with Gasteiger partial charge in [0.25, 0.3) is 0 Å². The van der Waals surface area contributed by atoms with Gasteiger partial charge in [0.05, 0.1) is 13.5 Å². The minimum absolute atomic E-state index is 0.175. The molecular weight excluding hydrogens is 354 g/mol. The molecule has 1 fully saturated rings. The van der Waals surface area contributed by atoms with Gasteiger partial charge in [-0.05, 0) is 42.7 Å². The van der Waals surface area contributed by atoms with Crippen LogP contribution in [0.3, 0.4) is 0 Å². The van der Waals surface area contributed by atoms with Crippen molar-refractivity contribution < 1.29 is 13.9 Å². The Morgan fingerprint density at radius 2 is 1.79 bits per heavy atom. The monoisotopic (exact) mass is 377 g/mol. The van der Waals surface area contributed by atoms with E-state index in [9.17, 15) is 4.79 Å². The fourth-order valence-electron chi connectivity index (χ4n) is 3.51. The summed E-state index contributed by atoms with van der Waals surface area (Å²) >= 11 is 0. The maximum absolute atomic E-state index is 12.5. The molecule has 2 aromatic carbocycles. The van der Waals surface area contributed by atoms with Gasteiger partial charge < -0.3 is 14.1 Å². The Bertz CT molecular complexity index is 914. The summed E-state index contributed by atoms with van der Waals surface area (Å²) in [7, 11) is 1.64. The van der Waals surface area contributed by atoms with Crippen molar-refractivity contribution in [3.8, 4) is 17.2 Å². The molecule has 1 aliphatic heterocycles. The van der Waals surface area contributed by atoms with Crippen molar-refractivity contribution in [2.24, 2.45) is 0 Å². The second-order valence-corrected chi connectivity index (χ2v) is 6.99. The molecule has 0 N–H and O–H groups in total. The molecule has 1 amide bonds. The Labute approximate surface area is 164 Å². The van der Waals surface area contributed by atoms with Crippen LogP contribution in [0, 0.1) is 0 Å². The molecule has 0 spiro atoms. The van der Waals surface area contributed by atoms with E-state index in [2.05, 4.69) is 10.2 Å². The van der Waals surface area contributed by atoms with Gasteiger partial charge in [0, 0.05) is 24.6 Å². The molecule has 1 aliphatic rings. The Hall–Kier alpha value is -3.15. The zero-order chi connectivity index (χ0) is 19.3. The van der Waals surface area contributed by atoms with E-state index in [4.69, 9.17) is 9.15 Å². The molecule has 0 unspecified atom stereocenters. The predicted octanol–water partition coefficient (Wildman–Crippen LogP) is 3.69. The highest BCUT2D eigenvalue weighted by Gasteiger charge is 2.27. The van der Waals surface area contributed by atoms with Gasteiger partial charge in [-0.1, -0.05) is 30.3 Å². The third-order valence-electron chi connectivity index (χ3n) is 5.17. The fourth-order valence-corrected chi connectivity index (χ4v) is 3.51. The number of rotatable bonds is 5. The number of piperidine rings is 1. The molecule has 6 heteroatoms. The van der Waals surface area contributed by atoms with Gasteiger partial charge in [0.1, 0.15) is 5.75 Å². The number of nitrogens with zero attached hydrogens (tertiary/aromatic N) is 3. The van der Waals surface area contributed by atoms with Crippen molar-refractivity contribution in [3.63, 3.8) is 0 Å². The lowest BCUT2D eigenvalue weighted by Crippen LogP contribution is -2.38. The van der Waals surface area contributed by atoms with E-state index < -0.39 is 0 Å². The predicted molar refractivity (Wildman–Crippen MR) is 105 cm³/mol. The van der Waals surface area contributed by atoms with Gasteiger partial charge in [-0.15, -0.1) is 10.2 Å². The Morgan fingerprint density at radius 1 is 1.07 bits per heavy atom. The SMILES string of the molecule is COc1ccc(-c2nnc(C3CCN(C(=O)Cc4ccccc4)CC3)o2)cc1. The van der Waals surface area contributed by atoms with Crippen molar-refractivity contribution in [3.05, 3.63) is 66.1 Å². The summed E-state index contributed by atoms with van der Waals surface area (Å²) in [5, 5.41) is 8.43. The first-order valence-electron chi connectivity index (χ1n) is 9.52. The molecular formula is C22H23N3O3. The maximum Gasteiger partial charge on any atom is 0.247 e. The third-order valence-corrected chi connectivity index (χ3v) is 5.17. The van der Waals surface area contributed by atoms with E-state index in [0.717, 1.165) is 42.8 Å². The summed E-state index contributed by atoms with van der Waals surface area (Å²) in [6.45, 7) is 1.44. The van der Waals surface area contributed by atoms with Crippen LogP contribution in [-0.4, -0.2) is 41.2 Å². The summed E-state index contributed by atoms with van der Waals surface area (Å²) in [4.78, 5) is 14.5. The highest BCUT2D eigenvalue weighted by Crippen LogP contribution is 2.30. The number of hydrogen-bond donors (Lipinski definition) is 0. The molecule has 0 atom stereocenters. The number of methoxy groups -OCH3 is 1. The zero-order valence-electron chi connectivity index (χ0n) is 15.9. The molecule has 1 aromatic heterocycles. The van der Waals surface area contributed by atoms with Crippen molar-refractivity contribution in [1.82, 2.24) is 15.1 Å². The van der Waals surface area contributed by atoms with Crippen LogP contribution in [0.15, 0.2) is 59.0 Å². The largest absolute Gasteiger partial charge is 0.497 e. The third kappa shape index (κ3) is 4.06. The summed E-state index contributed by atoms with van der Waals surface area (Å²) in [6, 6.07) is 17.4. The quantitative estimate of drug-likeness (QED) is 0.678. The number of likely N-dealkylation sites (tertiary alicyclic amines) is 1. The molecule has 6 nitrogen and oxygen atoms in total. The van der Waals surface area contributed by atoms with Crippen LogP contribution in [0.5, 0.6) is 5.75 Å². The first-order chi connectivity index (χ1) is 13.7. The molecule has 28 heavy (non-hydrogen) atoms. The number of carbonyl (C=O) groups excluding carboxylic acids is 1. The molecule has 0 aliphatic carbocycles. The molecule has 2 heterocycles. The second-order valence-electron chi connectivity index (χ2n) is 6.99. The second kappa shape index (κ2) is 8.25. The summed E-state index contributed by atoms with van der Waals surface area (Å²) in [5.41, 5.74) is 1.92. The maximum atomic E-state index is 12.5. The van der Waals surface area contributed by atoms with Crippen LogP contribution >= 0.6 is 0 Å². The van der Waals surface area contributed by atoms with Crippen molar-refractivity contribution in [2.75, 3.05) is 20.2 Å². The number of ether oxygens (including phenoxy) is 1. The normalized spacial score (nSPS) is 14.8. The molecule has 4 rings (SSSR count). The van der Waals surface area contributed by atoms with Gasteiger partial charge in [0.15, 0.2) is 0 Å². The lowest BCUT2D eigenvalue weighted by atomic mass is 9.96. The summed E-state index contributed by atoms with van der Waals surface area (Å²) in [5.74, 6) is 2.33. The minimum Gasteiger partial charge on any atom is -0.497 e. The molecule has 3 aromatic rings. The fraction of sp³-hybridized carbons (Fsp3) is 0.318. The topological polar surface area (TPSA) is 68.5 Å². The van der Waals surface area contributed by atoms with Crippen molar-refractivity contribution >= 4 is 5.91 Å². The van der Waals surface area contributed by atoms with Gasteiger partial charge in [-0.2, -0.15) is 0 Å². The number of aromatic nitrogens is 2. The highest BCUT2D eigenvalue weighted by atomic mass is 16.5. The van der Waals surface area contributed by atoms with Crippen LogP contribution in [-0.2, 0) is 11.2 Å². The van der Waals surface area contributed by atoms with Crippen LogP contribution in [0.2, 0.25) is 0 Å². The molecule has 144 valence electrons. The number of hydrogen-bond acceptors (Lipinski definition) is 5. The van der Waals surface area contributed by atoms with Gasteiger partial charge in [-0.3, -0.25) is 4.79 Å². The first-order valence-corrected chi connectivity index (χ1v) is 9.52. The Balaban J connectivity index is 1.35. The zero-order valence-corrected chi connectivity index (χ0v) is 15.9. The number of benzene rings is 2. The van der Waals surface area contributed by atoms with Crippen LogP contribution in [0.4, 0.5) is 0 Å².